The van der Waals surface area contributed by atoms with Crippen LogP contribution in [0, 0.1) is 5.92 Å². The van der Waals surface area contributed by atoms with Gasteiger partial charge in [0, 0.05) is 11.6 Å². The molecule has 0 aromatic heterocycles. The van der Waals surface area contributed by atoms with Crippen LogP contribution in [0.3, 0.4) is 0 Å². The van der Waals surface area contributed by atoms with Crippen molar-refractivity contribution in [1.29, 1.82) is 0 Å². The molecule has 0 saturated heterocycles. The molecule has 1 saturated carbocycles. The van der Waals surface area contributed by atoms with Crippen LogP contribution in [-0.4, -0.2) is 11.9 Å². The Morgan fingerprint density at radius 1 is 1.45 bits per heavy atom. The lowest BCUT2D eigenvalue weighted by Gasteiger charge is -2.14. The van der Waals surface area contributed by atoms with E-state index in [4.69, 9.17) is 5.84 Å². The number of hydrazine groups is 1. The van der Waals surface area contributed by atoms with E-state index in [1.807, 2.05) is 12.3 Å². The van der Waals surface area contributed by atoms with Gasteiger partial charge in [-0.1, -0.05) is 13.3 Å². The molecular formula is C13H16F3N3O. The molecule has 0 bridgehead atoms. The van der Waals surface area contributed by atoms with Crippen LogP contribution in [0.1, 0.15) is 35.7 Å². The van der Waals surface area contributed by atoms with Gasteiger partial charge in [-0.2, -0.15) is 13.2 Å². The van der Waals surface area contributed by atoms with E-state index in [1.165, 1.54) is 6.07 Å². The molecule has 1 aromatic rings. The Morgan fingerprint density at radius 3 is 2.65 bits per heavy atom. The van der Waals surface area contributed by atoms with Crippen molar-refractivity contribution in [1.82, 2.24) is 5.32 Å². The molecule has 0 spiro atoms. The number of amides is 1. The number of halogens is 3. The van der Waals surface area contributed by atoms with Crippen molar-refractivity contribution in [3.63, 3.8) is 0 Å². The Hall–Kier alpha value is -1.76. The number of hydrogen-bond donors (Lipinski definition) is 3. The van der Waals surface area contributed by atoms with Crippen LogP contribution in [0.2, 0.25) is 0 Å². The zero-order valence-electron chi connectivity index (χ0n) is 10.9. The molecule has 1 aromatic carbocycles. The highest BCUT2D eigenvalue weighted by Gasteiger charge is 2.37. The topological polar surface area (TPSA) is 67.2 Å². The van der Waals surface area contributed by atoms with Crippen LogP contribution in [0.5, 0.6) is 0 Å². The first-order valence-corrected chi connectivity index (χ1v) is 6.35. The summed E-state index contributed by atoms with van der Waals surface area (Å²) < 4.78 is 38.5. The quantitative estimate of drug-likeness (QED) is 0.589. The first kappa shape index (κ1) is 14.6. The summed E-state index contributed by atoms with van der Waals surface area (Å²) in [5, 5.41) is 2.73. The van der Waals surface area contributed by atoms with Gasteiger partial charge in [0.25, 0.3) is 5.91 Å². The van der Waals surface area contributed by atoms with Crippen LogP contribution < -0.4 is 16.6 Å². The van der Waals surface area contributed by atoms with Crippen LogP contribution >= 0.6 is 0 Å². The molecule has 0 heterocycles. The van der Waals surface area contributed by atoms with E-state index in [2.05, 4.69) is 5.32 Å². The van der Waals surface area contributed by atoms with E-state index in [1.54, 1.807) is 0 Å². The van der Waals surface area contributed by atoms with E-state index in [0.717, 1.165) is 25.0 Å². The molecule has 4 nitrogen and oxygen atoms in total. The fraction of sp³-hybridized carbons (Fsp3) is 0.462. The third-order valence-corrected chi connectivity index (χ3v) is 3.51. The third-order valence-electron chi connectivity index (χ3n) is 3.51. The highest BCUT2D eigenvalue weighted by Crippen LogP contribution is 2.36. The second kappa shape index (κ2) is 5.32. The maximum absolute atomic E-state index is 12.8. The fourth-order valence-corrected chi connectivity index (χ4v) is 2.17. The second-order valence-electron chi connectivity index (χ2n) is 4.89. The maximum atomic E-state index is 12.8. The normalized spacial score (nSPS) is 21.4. The summed E-state index contributed by atoms with van der Waals surface area (Å²) in [6.45, 7) is 2.01. The zero-order valence-corrected chi connectivity index (χ0v) is 10.9. The van der Waals surface area contributed by atoms with Crippen molar-refractivity contribution in [2.45, 2.75) is 32.0 Å². The Morgan fingerprint density at radius 2 is 2.15 bits per heavy atom. The molecule has 1 amide bonds. The fourth-order valence-electron chi connectivity index (χ4n) is 2.17. The summed E-state index contributed by atoms with van der Waals surface area (Å²) >= 11 is 0. The van der Waals surface area contributed by atoms with Crippen LogP contribution in [0.4, 0.5) is 18.9 Å². The number of nitrogen functional groups attached to an aromatic ring is 1. The third kappa shape index (κ3) is 3.04. The van der Waals surface area contributed by atoms with E-state index < -0.39 is 17.6 Å². The predicted molar refractivity (Wildman–Crippen MR) is 68.9 cm³/mol. The molecule has 2 atom stereocenters. The second-order valence-corrected chi connectivity index (χ2v) is 4.89. The summed E-state index contributed by atoms with van der Waals surface area (Å²) in [7, 11) is 0. The summed E-state index contributed by atoms with van der Waals surface area (Å²) in [5.74, 6) is 5.00. The summed E-state index contributed by atoms with van der Waals surface area (Å²) in [6, 6.07) is 3.37. The molecule has 4 N–H and O–H groups in total. The SMILES string of the molecule is CCC1CC1NC(=O)c1ccc(NN)c(C(F)(F)F)c1. The monoisotopic (exact) mass is 287 g/mol. The minimum atomic E-state index is -4.57. The van der Waals surface area contributed by atoms with Gasteiger partial charge in [-0.3, -0.25) is 10.6 Å². The van der Waals surface area contributed by atoms with Crippen LogP contribution in [0.25, 0.3) is 0 Å². The van der Waals surface area contributed by atoms with Gasteiger partial charge in [0.1, 0.15) is 0 Å². The average molecular weight is 287 g/mol. The minimum Gasteiger partial charge on any atom is -0.349 e. The lowest BCUT2D eigenvalue weighted by Crippen LogP contribution is -2.27. The molecule has 0 radical (unpaired) electrons. The van der Waals surface area contributed by atoms with E-state index in [-0.39, 0.29) is 17.3 Å². The van der Waals surface area contributed by atoms with Gasteiger partial charge in [-0.25, -0.2) is 0 Å². The standard InChI is InChI=1S/C13H16F3N3O/c1-2-7-6-11(7)18-12(20)8-3-4-10(19-17)9(5-8)13(14,15)16/h3-5,7,11,19H,2,6,17H2,1H3,(H,18,20). The minimum absolute atomic E-state index is 0.0157. The number of nitrogens with two attached hydrogens (primary N) is 1. The highest BCUT2D eigenvalue weighted by atomic mass is 19.4. The van der Waals surface area contributed by atoms with Gasteiger partial charge >= 0.3 is 6.18 Å². The van der Waals surface area contributed by atoms with Gasteiger partial charge in [0.2, 0.25) is 0 Å². The summed E-state index contributed by atoms with van der Waals surface area (Å²) in [6.07, 6.45) is -2.73. The van der Waals surface area contributed by atoms with Gasteiger partial charge in [0.05, 0.1) is 11.3 Å². The van der Waals surface area contributed by atoms with Crippen molar-refractivity contribution >= 4 is 11.6 Å². The lowest BCUT2D eigenvalue weighted by molar-refractivity contribution is -0.137. The first-order chi connectivity index (χ1) is 9.36. The summed E-state index contributed by atoms with van der Waals surface area (Å²) in [4.78, 5) is 11.9. The molecule has 0 aliphatic heterocycles. The van der Waals surface area contributed by atoms with Crippen molar-refractivity contribution < 1.29 is 18.0 Å². The molecule has 2 unspecified atom stereocenters. The molecule has 1 aliphatic carbocycles. The number of alkyl halides is 3. The number of anilines is 1. The summed E-state index contributed by atoms with van der Waals surface area (Å²) in [5.41, 5.74) is 0.764. The predicted octanol–water partition coefficient (Wildman–Crippen LogP) is 2.52. The largest absolute Gasteiger partial charge is 0.418 e. The van der Waals surface area contributed by atoms with E-state index >= 15 is 0 Å². The van der Waals surface area contributed by atoms with Crippen molar-refractivity contribution in [3.05, 3.63) is 29.3 Å². The van der Waals surface area contributed by atoms with Gasteiger partial charge in [-0.05, 0) is 30.5 Å². The van der Waals surface area contributed by atoms with Gasteiger partial charge in [0.15, 0.2) is 0 Å². The lowest BCUT2D eigenvalue weighted by atomic mass is 10.1. The highest BCUT2D eigenvalue weighted by molar-refractivity contribution is 5.95. The molecule has 7 heteroatoms. The number of nitrogens with one attached hydrogen (secondary N) is 2. The van der Waals surface area contributed by atoms with Crippen LogP contribution in [0.15, 0.2) is 18.2 Å². The Labute approximate surface area is 114 Å². The number of carbonyl (C=O) groups excluding carboxylic acids is 1. The first-order valence-electron chi connectivity index (χ1n) is 6.35. The maximum Gasteiger partial charge on any atom is 0.418 e. The smallest absolute Gasteiger partial charge is 0.349 e. The Balaban J connectivity index is 2.18. The van der Waals surface area contributed by atoms with Crippen molar-refractivity contribution in [2.24, 2.45) is 11.8 Å². The molecule has 110 valence electrons. The molecule has 2 rings (SSSR count). The number of hydrogen-bond acceptors (Lipinski definition) is 3. The molecular weight excluding hydrogens is 271 g/mol. The Bertz CT molecular complexity index is 516. The van der Waals surface area contributed by atoms with Gasteiger partial charge < -0.3 is 10.7 Å². The average Bonchev–Trinajstić information content (AvgIpc) is 3.15. The van der Waals surface area contributed by atoms with E-state index in [0.29, 0.717) is 5.92 Å². The van der Waals surface area contributed by atoms with E-state index in [9.17, 15) is 18.0 Å². The zero-order chi connectivity index (χ0) is 14.9. The Kier molecular flexibility index (Phi) is 3.89. The van der Waals surface area contributed by atoms with Crippen molar-refractivity contribution in [3.8, 4) is 0 Å². The number of rotatable bonds is 4. The van der Waals surface area contributed by atoms with Gasteiger partial charge in [-0.15, -0.1) is 0 Å². The number of carbonyl (C=O) groups is 1. The molecule has 1 fully saturated rings. The molecule has 1 aliphatic rings. The molecule has 20 heavy (non-hydrogen) atoms. The van der Waals surface area contributed by atoms with Crippen molar-refractivity contribution in [2.75, 3.05) is 5.43 Å². The van der Waals surface area contributed by atoms with Crippen LogP contribution in [-0.2, 0) is 6.18 Å². The number of benzene rings is 1.